The van der Waals surface area contributed by atoms with Crippen molar-refractivity contribution < 1.29 is 9.84 Å². The Labute approximate surface area is 95.7 Å². The van der Waals surface area contributed by atoms with Crippen LogP contribution in [-0.4, -0.2) is 18.3 Å². The molecule has 0 aliphatic carbocycles. The zero-order chi connectivity index (χ0) is 9.97. The van der Waals surface area contributed by atoms with Crippen molar-refractivity contribution in [1.29, 1.82) is 0 Å². The number of halogens is 1. The van der Waals surface area contributed by atoms with E-state index >= 15 is 0 Å². The van der Waals surface area contributed by atoms with Gasteiger partial charge in [0.15, 0.2) is 0 Å². The highest BCUT2D eigenvalue weighted by molar-refractivity contribution is 5.85. The van der Waals surface area contributed by atoms with Crippen LogP contribution < -0.4 is 10.5 Å². The highest BCUT2D eigenvalue weighted by Crippen LogP contribution is 2.28. The van der Waals surface area contributed by atoms with Gasteiger partial charge in [0.2, 0.25) is 0 Å². The van der Waals surface area contributed by atoms with Gasteiger partial charge >= 0.3 is 0 Å². The van der Waals surface area contributed by atoms with Crippen molar-refractivity contribution in [3.63, 3.8) is 0 Å². The summed E-state index contributed by atoms with van der Waals surface area (Å²) in [4.78, 5) is 0. The molecule has 1 aromatic rings. The molecule has 1 heterocycles. The summed E-state index contributed by atoms with van der Waals surface area (Å²) in [5.74, 6) is 0.977. The van der Waals surface area contributed by atoms with Crippen molar-refractivity contribution in [3.8, 4) is 5.75 Å². The standard InChI is InChI=1S/C11H15NO2.ClH/c12-10(3-5-13)8-1-2-11-9(7-8)4-6-14-11;/h1-2,7,10,13H,3-6,12H2;1H/t10-;/m1./s1. The number of rotatable bonds is 3. The summed E-state index contributed by atoms with van der Waals surface area (Å²) in [5, 5.41) is 8.79. The monoisotopic (exact) mass is 229 g/mol. The zero-order valence-electron chi connectivity index (χ0n) is 8.48. The number of nitrogens with two attached hydrogens (primary N) is 1. The lowest BCUT2D eigenvalue weighted by Crippen LogP contribution is -2.11. The number of aliphatic hydroxyl groups is 1. The van der Waals surface area contributed by atoms with E-state index in [-0.39, 0.29) is 25.1 Å². The largest absolute Gasteiger partial charge is 0.493 e. The van der Waals surface area contributed by atoms with Gasteiger partial charge in [-0.15, -0.1) is 12.4 Å². The van der Waals surface area contributed by atoms with Crippen LogP contribution in [0.25, 0.3) is 0 Å². The Morgan fingerprint density at radius 1 is 1.47 bits per heavy atom. The van der Waals surface area contributed by atoms with Gasteiger partial charge in [0.05, 0.1) is 6.61 Å². The molecule has 1 atom stereocenters. The Morgan fingerprint density at radius 3 is 3.00 bits per heavy atom. The average molecular weight is 230 g/mol. The fourth-order valence-electron chi connectivity index (χ4n) is 1.74. The maximum Gasteiger partial charge on any atom is 0.122 e. The van der Waals surface area contributed by atoms with E-state index in [1.807, 2.05) is 12.1 Å². The third-order valence-electron chi connectivity index (χ3n) is 2.58. The minimum absolute atomic E-state index is 0. The quantitative estimate of drug-likeness (QED) is 0.825. The normalized spacial score (nSPS) is 15.1. The van der Waals surface area contributed by atoms with Crippen molar-refractivity contribution in [2.75, 3.05) is 13.2 Å². The summed E-state index contributed by atoms with van der Waals surface area (Å²) in [5.41, 5.74) is 8.22. The molecule has 3 nitrogen and oxygen atoms in total. The van der Waals surface area contributed by atoms with Crippen LogP contribution in [0, 0.1) is 0 Å². The molecule has 0 aromatic heterocycles. The van der Waals surface area contributed by atoms with Crippen LogP contribution in [-0.2, 0) is 6.42 Å². The topological polar surface area (TPSA) is 55.5 Å². The molecule has 0 unspecified atom stereocenters. The lowest BCUT2D eigenvalue weighted by Gasteiger charge is -2.11. The molecule has 1 aliphatic heterocycles. The van der Waals surface area contributed by atoms with E-state index < -0.39 is 0 Å². The highest BCUT2D eigenvalue weighted by atomic mass is 35.5. The van der Waals surface area contributed by atoms with Gasteiger partial charge in [-0.2, -0.15) is 0 Å². The second kappa shape index (κ2) is 5.35. The van der Waals surface area contributed by atoms with E-state index in [0.717, 1.165) is 24.3 Å². The van der Waals surface area contributed by atoms with Gasteiger partial charge in [-0.25, -0.2) is 0 Å². The second-order valence-corrected chi connectivity index (χ2v) is 3.58. The number of ether oxygens (including phenoxy) is 1. The van der Waals surface area contributed by atoms with Gasteiger partial charge < -0.3 is 15.6 Å². The van der Waals surface area contributed by atoms with E-state index in [9.17, 15) is 0 Å². The Balaban J connectivity index is 0.00000112. The van der Waals surface area contributed by atoms with Crippen molar-refractivity contribution in [3.05, 3.63) is 29.3 Å². The van der Waals surface area contributed by atoms with Crippen LogP contribution in [0.3, 0.4) is 0 Å². The SMILES string of the molecule is Cl.N[C@H](CCO)c1ccc2c(c1)CCO2. The van der Waals surface area contributed by atoms with Gasteiger partial charge in [0.1, 0.15) is 5.75 Å². The van der Waals surface area contributed by atoms with Gasteiger partial charge in [-0.3, -0.25) is 0 Å². The van der Waals surface area contributed by atoms with Crippen LogP contribution in [0.1, 0.15) is 23.6 Å². The molecule has 0 amide bonds. The smallest absolute Gasteiger partial charge is 0.122 e. The fraction of sp³-hybridized carbons (Fsp3) is 0.455. The van der Waals surface area contributed by atoms with Crippen LogP contribution in [0.2, 0.25) is 0 Å². The minimum Gasteiger partial charge on any atom is -0.493 e. The van der Waals surface area contributed by atoms with E-state index in [0.29, 0.717) is 6.42 Å². The number of hydrogen-bond acceptors (Lipinski definition) is 3. The first-order valence-corrected chi connectivity index (χ1v) is 4.93. The predicted molar refractivity (Wildman–Crippen MR) is 61.5 cm³/mol. The van der Waals surface area contributed by atoms with Crippen molar-refractivity contribution in [1.82, 2.24) is 0 Å². The number of fused-ring (bicyclic) bond motifs is 1. The molecule has 1 aliphatic rings. The second-order valence-electron chi connectivity index (χ2n) is 3.58. The number of hydrogen-bond donors (Lipinski definition) is 2. The number of benzene rings is 1. The molecule has 3 N–H and O–H groups in total. The first-order chi connectivity index (χ1) is 6.81. The summed E-state index contributed by atoms with van der Waals surface area (Å²) in [7, 11) is 0. The molecule has 4 heteroatoms. The molecular weight excluding hydrogens is 214 g/mol. The average Bonchev–Trinajstić information content (AvgIpc) is 2.64. The van der Waals surface area contributed by atoms with Crippen molar-refractivity contribution in [2.45, 2.75) is 18.9 Å². The molecule has 0 bridgehead atoms. The molecular formula is C11H16ClNO2. The molecule has 2 rings (SSSR count). The third kappa shape index (κ3) is 2.62. The van der Waals surface area contributed by atoms with Gasteiger partial charge in [-0.1, -0.05) is 12.1 Å². The van der Waals surface area contributed by atoms with Crippen molar-refractivity contribution in [2.24, 2.45) is 5.73 Å². The van der Waals surface area contributed by atoms with Gasteiger partial charge in [0, 0.05) is 19.1 Å². The Bertz CT molecular complexity index is 330. The Morgan fingerprint density at radius 2 is 2.27 bits per heavy atom. The van der Waals surface area contributed by atoms with Gasteiger partial charge in [0.25, 0.3) is 0 Å². The molecule has 0 radical (unpaired) electrons. The third-order valence-corrected chi connectivity index (χ3v) is 2.58. The summed E-state index contributed by atoms with van der Waals surface area (Å²) in [6.07, 6.45) is 1.58. The minimum atomic E-state index is -0.0640. The van der Waals surface area contributed by atoms with E-state index in [2.05, 4.69) is 6.07 Å². The summed E-state index contributed by atoms with van der Waals surface area (Å²) in [6.45, 7) is 0.906. The van der Waals surface area contributed by atoms with Crippen LogP contribution in [0.15, 0.2) is 18.2 Å². The van der Waals surface area contributed by atoms with E-state index in [4.69, 9.17) is 15.6 Å². The summed E-state index contributed by atoms with van der Waals surface area (Å²) in [6, 6.07) is 5.97. The zero-order valence-corrected chi connectivity index (χ0v) is 9.30. The molecule has 0 saturated carbocycles. The van der Waals surface area contributed by atoms with E-state index in [1.54, 1.807) is 0 Å². The molecule has 0 fully saturated rings. The maximum atomic E-state index is 8.79. The van der Waals surface area contributed by atoms with Crippen LogP contribution >= 0.6 is 12.4 Å². The molecule has 0 spiro atoms. The maximum absolute atomic E-state index is 8.79. The first-order valence-electron chi connectivity index (χ1n) is 4.93. The highest BCUT2D eigenvalue weighted by Gasteiger charge is 2.14. The molecule has 1 aromatic carbocycles. The fourth-order valence-corrected chi connectivity index (χ4v) is 1.74. The van der Waals surface area contributed by atoms with E-state index in [1.165, 1.54) is 5.56 Å². The Hall–Kier alpha value is -0.770. The van der Waals surface area contributed by atoms with Gasteiger partial charge in [-0.05, 0) is 23.6 Å². The first kappa shape index (κ1) is 12.3. The lowest BCUT2D eigenvalue weighted by molar-refractivity contribution is 0.276. The van der Waals surface area contributed by atoms with Crippen molar-refractivity contribution >= 4 is 12.4 Å². The number of aliphatic hydroxyl groups excluding tert-OH is 1. The summed E-state index contributed by atoms with van der Waals surface area (Å²) >= 11 is 0. The lowest BCUT2D eigenvalue weighted by atomic mass is 10.0. The molecule has 84 valence electrons. The molecule has 15 heavy (non-hydrogen) atoms. The van der Waals surface area contributed by atoms with Crippen LogP contribution in [0.5, 0.6) is 5.75 Å². The Kier molecular flexibility index (Phi) is 4.39. The molecule has 0 saturated heterocycles. The summed E-state index contributed by atoms with van der Waals surface area (Å²) < 4.78 is 5.40. The van der Waals surface area contributed by atoms with Crippen LogP contribution in [0.4, 0.5) is 0 Å². The predicted octanol–water partition coefficient (Wildman–Crippen LogP) is 1.43.